The Hall–Kier alpha value is -2.87. The number of rotatable bonds is 5. The van der Waals surface area contributed by atoms with Crippen molar-refractivity contribution in [2.24, 2.45) is 0 Å². The normalized spacial score (nSPS) is 10.6. The van der Waals surface area contributed by atoms with Gasteiger partial charge < -0.3 is 10.1 Å². The van der Waals surface area contributed by atoms with Crippen LogP contribution in [0.1, 0.15) is 5.56 Å². The number of benzene rings is 1. The monoisotopic (exact) mass is 356 g/mol. The lowest BCUT2D eigenvalue weighted by Crippen LogP contribution is -2.20. The molecular formula is C17H16N4O3S. The number of fused-ring (bicyclic) bond motifs is 1. The van der Waals surface area contributed by atoms with Gasteiger partial charge in [-0.2, -0.15) is 4.98 Å². The van der Waals surface area contributed by atoms with Gasteiger partial charge in [0, 0.05) is 11.9 Å². The minimum atomic E-state index is -0.414. The number of nitrogens with zero attached hydrogens (tertiary/aromatic N) is 3. The summed E-state index contributed by atoms with van der Waals surface area (Å²) >= 11 is 1.12. The standard InChI is InChI=1S/C17H16N4O3S/c1-11-7-8-21-14(9-11)19-16(20-17(21)23)25-10-15(22)18-12-3-5-13(24-2)6-4-12/h3-9H,10H2,1-2H3,(H,18,22). The maximum atomic E-state index is 12.0. The Morgan fingerprint density at radius 3 is 2.72 bits per heavy atom. The molecule has 0 aliphatic heterocycles. The molecule has 0 saturated carbocycles. The zero-order valence-corrected chi connectivity index (χ0v) is 14.5. The van der Waals surface area contributed by atoms with Crippen molar-refractivity contribution >= 4 is 29.0 Å². The van der Waals surface area contributed by atoms with Crippen LogP contribution in [0, 0.1) is 6.92 Å². The van der Waals surface area contributed by atoms with Gasteiger partial charge in [-0.05, 0) is 48.9 Å². The highest BCUT2D eigenvalue weighted by Gasteiger charge is 2.08. The van der Waals surface area contributed by atoms with Crippen LogP contribution in [-0.4, -0.2) is 33.1 Å². The number of methoxy groups -OCH3 is 1. The Morgan fingerprint density at radius 1 is 1.24 bits per heavy atom. The quantitative estimate of drug-likeness (QED) is 0.705. The SMILES string of the molecule is COc1ccc(NC(=O)CSc2nc(=O)n3ccc(C)cc3n2)cc1. The number of amides is 1. The number of carbonyl (C=O) groups excluding carboxylic acids is 1. The van der Waals surface area contributed by atoms with Crippen LogP contribution in [0.2, 0.25) is 0 Å². The fraction of sp³-hybridized carbons (Fsp3) is 0.176. The van der Waals surface area contributed by atoms with Crippen LogP contribution in [0.3, 0.4) is 0 Å². The lowest BCUT2D eigenvalue weighted by atomic mass is 10.3. The number of thioether (sulfide) groups is 1. The van der Waals surface area contributed by atoms with E-state index < -0.39 is 5.69 Å². The molecule has 1 N–H and O–H groups in total. The van der Waals surface area contributed by atoms with Crippen LogP contribution in [0.4, 0.5) is 5.69 Å². The van der Waals surface area contributed by atoms with E-state index in [0.717, 1.165) is 17.3 Å². The highest BCUT2D eigenvalue weighted by Crippen LogP contribution is 2.17. The smallest absolute Gasteiger partial charge is 0.355 e. The first kappa shape index (κ1) is 17.0. The Balaban J connectivity index is 1.67. The van der Waals surface area contributed by atoms with Gasteiger partial charge in [-0.1, -0.05) is 11.8 Å². The van der Waals surface area contributed by atoms with E-state index in [2.05, 4.69) is 15.3 Å². The van der Waals surface area contributed by atoms with Gasteiger partial charge in [0.05, 0.1) is 12.9 Å². The van der Waals surface area contributed by atoms with Gasteiger partial charge in [-0.25, -0.2) is 9.78 Å². The number of pyridine rings is 1. The largest absolute Gasteiger partial charge is 0.497 e. The average Bonchev–Trinajstić information content (AvgIpc) is 2.60. The summed E-state index contributed by atoms with van der Waals surface area (Å²) in [5.41, 5.74) is 1.76. The molecule has 0 bridgehead atoms. The third-order valence-electron chi connectivity index (χ3n) is 3.40. The minimum absolute atomic E-state index is 0.105. The van der Waals surface area contributed by atoms with Crippen molar-refractivity contribution < 1.29 is 9.53 Å². The van der Waals surface area contributed by atoms with Crippen LogP contribution >= 0.6 is 11.8 Å². The van der Waals surface area contributed by atoms with Crippen molar-refractivity contribution in [3.05, 3.63) is 58.6 Å². The van der Waals surface area contributed by atoms with Crippen LogP contribution < -0.4 is 15.7 Å². The number of ether oxygens (including phenoxy) is 1. The Labute approximate surface area is 148 Å². The second-order valence-electron chi connectivity index (χ2n) is 5.29. The summed E-state index contributed by atoms with van der Waals surface area (Å²) in [6, 6.07) is 10.6. The maximum Gasteiger partial charge on any atom is 0.355 e. The molecule has 0 atom stereocenters. The van der Waals surface area contributed by atoms with E-state index in [0.29, 0.717) is 17.1 Å². The molecule has 7 nitrogen and oxygen atoms in total. The van der Waals surface area contributed by atoms with Crippen LogP contribution in [-0.2, 0) is 4.79 Å². The molecule has 0 aliphatic carbocycles. The van der Waals surface area contributed by atoms with Gasteiger partial charge in [-0.15, -0.1) is 0 Å². The number of carbonyl (C=O) groups is 1. The molecular weight excluding hydrogens is 340 g/mol. The lowest BCUT2D eigenvalue weighted by molar-refractivity contribution is -0.113. The first-order chi connectivity index (χ1) is 12.0. The molecule has 3 rings (SSSR count). The molecule has 2 aromatic heterocycles. The number of anilines is 1. The van der Waals surface area contributed by atoms with Crippen LogP contribution in [0.5, 0.6) is 5.75 Å². The predicted molar refractivity (Wildman–Crippen MR) is 96.3 cm³/mol. The van der Waals surface area contributed by atoms with Crippen molar-refractivity contribution in [3.63, 3.8) is 0 Å². The van der Waals surface area contributed by atoms with Gasteiger partial charge >= 0.3 is 5.69 Å². The third kappa shape index (κ3) is 4.16. The molecule has 0 spiro atoms. The number of hydrogen-bond acceptors (Lipinski definition) is 6. The van der Waals surface area contributed by atoms with Crippen molar-refractivity contribution in [2.45, 2.75) is 12.1 Å². The van der Waals surface area contributed by atoms with E-state index in [4.69, 9.17) is 4.74 Å². The van der Waals surface area contributed by atoms with Crippen molar-refractivity contribution in [3.8, 4) is 5.75 Å². The lowest BCUT2D eigenvalue weighted by Gasteiger charge is -2.06. The predicted octanol–water partition coefficient (Wildman–Crippen LogP) is 2.14. The van der Waals surface area contributed by atoms with Crippen LogP contribution in [0.15, 0.2) is 52.5 Å². The molecule has 128 valence electrons. The Bertz CT molecular complexity index is 970. The second kappa shape index (κ2) is 7.35. The molecule has 0 aliphatic rings. The minimum Gasteiger partial charge on any atom is -0.497 e. The molecule has 0 saturated heterocycles. The molecule has 2 heterocycles. The van der Waals surface area contributed by atoms with E-state index in [1.807, 2.05) is 13.0 Å². The summed E-state index contributed by atoms with van der Waals surface area (Å²) in [5, 5.41) is 3.05. The van der Waals surface area contributed by atoms with Gasteiger partial charge in [-0.3, -0.25) is 9.20 Å². The van der Waals surface area contributed by atoms with Crippen LogP contribution in [0.25, 0.3) is 5.65 Å². The van der Waals surface area contributed by atoms with Gasteiger partial charge in [0.15, 0.2) is 5.16 Å². The first-order valence-corrected chi connectivity index (χ1v) is 8.47. The fourth-order valence-electron chi connectivity index (χ4n) is 2.16. The number of hydrogen-bond donors (Lipinski definition) is 1. The number of nitrogens with one attached hydrogen (secondary N) is 1. The summed E-state index contributed by atoms with van der Waals surface area (Å²) in [6.07, 6.45) is 1.64. The van der Waals surface area contributed by atoms with E-state index in [1.165, 1.54) is 4.40 Å². The highest BCUT2D eigenvalue weighted by molar-refractivity contribution is 7.99. The molecule has 8 heteroatoms. The van der Waals surface area contributed by atoms with Crippen molar-refractivity contribution in [1.82, 2.24) is 14.4 Å². The average molecular weight is 356 g/mol. The highest BCUT2D eigenvalue weighted by atomic mass is 32.2. The summed E-state index contributed by atoms with van der Waals surface area (Å²) in [7, 11) is 1.58. The van der Waals surface area contributed by atoms with Gasteiger partial charge in [0.1, 0.15) is 11.4 Å². The summed E-state index contributed by atoms with van der Waals surface area (Å²) in [6.45, 7) is 1.92. The molecule has 1 aromatic carbocycles. The number of aromatic nitrogens is 3. The van der Waals surface area contributed by atoms with E-state index >= 15 is 0 Å². The Morgan fingerprint density at radius 2 is 2.00 bits per heavy atom. The fourth-order valence-corrected chi connectivity index (χ4v) is 2.80. The zero-order chi connectivity index (χ0) is 17.8. The van der Waals surface area contributed by atoms with Crippen molar-refractivity contribution in [2.75, 3.05) is 18.2 Å². The van der Waals surface area contributed by atoms with E-state index in [9.17, 15) is 9.59 Å². The zero-order valence-electron chi connectivity index (χ0n) is 13.7. The number of aryl methyl sites for hydroxylation is 1. The Kier molecular flexibility index (Phi) is 4.99. The van der Waals surface area contributed by atoms with Gasteiger partial charge in [0.25, 0.3) is 0 Å². The molecule has 0 unspecified atom stereocenters. The molecule has 25 heavy (non-hydrogen) atoms. The third-order valence-corrected chi connectivity index (χ3v) is 4.25. The molecule has 0 fully saturated rings. The summed E-state index contributed by atoms with van der Waals surface area (Å²) in [5.74, 6) is 0.615. The molecule has 3 aromatic rings. The molecule has 1 amide bonds. The summed E-state index contributed by atoms with van der Waals surface area (Å²) in [4.78, 5) is 32.2. The second-order valence-corrected chi connectivity index (χ2v) is 6.23. The van der Waals surface area contributed by atoms with Crippen molar-refractivity contribution in [1.29, 1.82) is 0 Å². The topological polar surface area (TPSA) is 85.6 Å². The first-order valence-electron chi connectivity index (χ1n) is 7.49. The molecule has 0 radical (unpaired) electrons. The van der Waals surface area contributed by atoms with Gasteiger partial charge in [0.2, 0.25) is 5.91 Å². The van der Waals surface area contributed by atoms with E-state index in [1.54, 1.807) is 43.6 Å². The summed E-state index contributed by atoms with van der Waals surface area (Å²) < 4.78 is 6.44. The maximum absolute atomic E-state index is 12.0. The van der Waals surface area contributed by atoms with E-state index in [-0.39, 0.29) is 16.8 Å².